The van der Waals surface area contributed by atoms with Crippen molar-refractivity contribution in [1.82, 2.24) is 4.98 Å². The number of carbonyl (C=O) groups excluding carboxylic acids is 2. The Morgan fingerprint density at radius 3 is 1.55 bits per heavy atom. The van der Waals surface area contributed by atoms with Crippen molar-refractivity contribution >= 4 is 11.9 Å². The number of esters is 2. The zero-order valence-electron chi connectivity index (χ0n) is 12.4. The molecule has 20 heavy (non-hydrogen) atoms. The molecule has 0 bridgehead atoms. The van der Waals surface area contributed by atoms with Crippen LogP contribution in [0.4, 0.5) is 0 Å². The quantitative estimate of drug-likeness (QED) is 0.766. The third-order valence-corrected chi connectivity index (χ3v) is 2.95. The molecule has 6 heteroatoms. The molecule has 0 aliphatic carbocycles. The Kier molecular flexibility index (Phi) is 5.49. The molecule has 0 amide bonds. The van der Waals surface area contributed by atoms with Crippen LogP contribution < -0.4 is 4.74 Å². The van der Waals surface area contributed by atoms with E-state index in [-0.39, 0.29) is 16.9 Å². The smallest absolute Gasteiger partial charge is 0.343 e. The Bertz CT molecular complexity index is 483. The van der Waals surface area contributed by atoms with E-state index < -0.39 is 11.9 Å². The van der Waals surface area contributed by atoms with E-state index >= 15 is 0 Å². The highest BCUT2D eigenvalue weighted by molar-refractivity contribution is 6.01. The minimum Gasteiger partial charge on any atom is -0.495 e. The molecule has 1 aromatic rings. The maximum Gasteiger partial charge on any atom is 0.343 e. The SMILES string of the molecule is CCc1nc(CC)c(C(=O)OC)c(OC)c1C(=O)OC. The molecule has 0 aromatic carbocycles. The van der Waals surface area contributed by atoms with Gasteiger partial charge in [-0.3, -0.25) is 4.98 Å². The predicted octanol–water partition coefficient (Wildman–Crippen LogP) is 1.79. The highest BCUT2D eigenvalue weighted by atomic mass is 16.5. The summed E-state index contributed by atoms with van der Waals surface area (Å²) < 4.78 is 14.8. The maximum atomic E-state index is 11.9. The Hall–Kier alpha value is -2.11. The molecule has 0 radical (unpaired) electrons. The lowest BCUT2D eigenvalue weighted by atomic mass is 10.0. The molecule has 110 valence electrons. The summed E-state index contributed by atoms with van der Waals surface area (Å²) in [6, 6.07) is 0. The highest BCUT2D eigenvalue weighted by Crippen LogP contribution is 2.30. The first-order chi connectivity index (χ1) is 9.55. The molecule has 1 rings (SSSR count). The van der Waals surface area contributed by atoms with Crippen molar-refractivity contribution in [3.63, 3.8) is 0 Å². The fourth-order valence-corrected chi connectivity index (χ4v) is 2.00. The van der Waals surface area contributed by atoms with Crippen LogP contribution in [0.25, 0.3) is 0 Å². The summed E-state index contributed by atoms with van der Waals surface area (Å²) in [7, 11) is 3.94. The van der Waals surface area contributed by atoms with Gasteiger partial charge in [-0.2, -0.15) is 0 Å². The topological polar surface area (TPSA) is 74.7 Å². The maximum absolute atomic E-state index is 11.9. The summed E-state index contributed by atoms with van der Waals surface area (Å²) in [5, 5.41) is 0. The van der Waals surface area contributed by atoms with Gasteiger partial charge in [0.05, 0.1) is 32.7 Å². The Morgan fingerprint density at radius 2 is 1.30 bits per heavy atom. The van der Waals surface area contributed by atoms with Gasteiger partial charge in [0, 0.05) is 0 Å². The van der Waals surface area contributed by atoms with E-state index in [1.807, 2.05) is 13.8 Å². The molecule has 0 fully saturated rings. The molecular weight excluding hydrogens is 262 g/mol. The van der Waals surface area contributed by atoms with E-state index in [9.17, 15) is 9.59 Å². The first-order valence-corrected chi connectivity index (χ1v) is 6.31. The summed E-state index contributed by atoms with van der Waals surface area (Å²) in [4.78, 5) is 28.3. The normalized spacial score (nSPS) is 10.1. The second-order valence-electron chi connectivity index (χ2n) is 3.98. The van der Waals surface area contributed by atoms with Gasteiger partial charge in [0.25, 0.3) is 0 Å². The molecule has 0 spiro atoms. The van der Waals surface area contributed by atoms with Crippen LogP contribution in [0.1, 0.15) is 46.0 Å². The second kappa shape index (κ2) is 6.88. The lowest BCUT2D eigenvalue weighted by Crippen LogP contribution is -2.17. The van der Waals surface area contributed by atoms with Crippen molar-refractivity contribution in [2.45, 2.75) is 26.7 Å². The van der Waals surface area contributed by atoms with Gasteiger partial charge in [-0.1, -0.05) is 13.8 Å². The summed E-state index contributed by atoms with van der Waals surface area (Å²) >= 11 is 0. The molecule has 0 aliphatic heterocycles. The van der Waals surface area contributed by atoms with Crippen LogP contribution in [-0.4, -0.2) is 38.3 Å². The third kappa shape index (κ3) is 2.74. The van der Waals surface area contributed by atoms with Gasteiger partial charge in [0.1, 0.15) is 11.1 Å². The van der Waals surface area contributed by atoms with E-state index in [0.29, 0.717) is 24.2 Å². The lowest BCUT2D eigenvalue weighted by molar-refractivity contribution is 0.0589. The minimum atomic E-state index is -0.584. The van der Waals surface area contributed by atoms with Crippen molar-refractivity contribution in [2.75, 3.05) is 21.3 Å². The van der Waals surface area contributed by atoms with Crippen molar-refractivity contribution in [2.24, 2.45) is 0 Å². The van der Waals surface area contributed by atoms with Crippen LogP contribution in [-0.2, 0) is 22.3 Å². The second-order valence-corrected chi connectivity index (χ2v) is 3.98. The van der Waals surface area contributed by atoms with E-state index in [0.717, 1.165) is 0 Å². The van der Waals surface area contributed by atoms with Crippen molar-refractivity contribution < 1.29 is 23.8 Å². The molecular formula is C14H19NO5. The van der Waals surface area contributed by atoms with Gasteiger partial charge in [-0.25, -0.2) is 9.59 Å². The number of nitrogens with zero attached hydrogens (tertiary/aromatic N) is 1. The monoisotopic (exact) mass is 281 g/mol. The Labute approximate surface area is 118 Å². The Balaban J connectivity index is 3.73. The molecule has 0 atom stereocenters. The van der Waals surface area contributed by atoms with Gasteiger partial charge in [-0.15, -0.1) is 0 Å². The molecule has 1 heterocycles. The molecule has 6 nitrogen and oxygen atoms in total. The average molecular weight is 281 g/mol. The standard InChI is InChI=1S/C14H19NO5/c1-6-8-10(13(16)19-4)12(18-3)11(14(17)20-5)9(7-2)15-8/h6-7H2,1-5H3. The highest BCUT2D eigenvalue weighted by Gasteiger charge is 2.28. The largest absolute Gasteiger partial charge is 0.495 e. The summed E-state index contributed by atoms with van der Waals surface area (Å²) in [5.41, 5.74) is 1.43. The van der Waals surface area contributed by atoms with Gasteiger partial charge in [0.15, 0.2) is 5.75 Å². The van der Waals surface area contributed by atoms with Gasteiger partial charge in [0.2, 0.25) is 0 Å². The minimum absolute atomic E-state index is 0.160. The summed E-state index contributed by atoms with van der Waals surface area (Å²) in [6.07, 6.45) is 1.05. The lowest BCUT2D eigenvalue weighted by Gasteiger charge is -2.17. The fourth-order valence-electron chi connectivity index (χ4n) is 2.00. The van der Waals surface area contributed by atoms with Crippen LogP contribution in [0.15, 0.2) is 0 Å². The van der Waals surface area contributed by atoms with E-state index in [2.05, 4.69) is 4.98 Å². The number of pyridine rings is 1. The summed E-state index contributed by atoms with van der Waals surface area (Å²) in [6.45, 7) is 3.73. The number of hydrogen-bond acceptors (Lipinski definition) is 6. The third-order valence-electron chi connectivity index (χ3n) is 2.95. The fraction of sp³-hybridized carbons (Fsp3) is 0.500. The van der Waals surface area contributed by atoms with Crippen LogP contribution in [0.2, 0.25) is 0 Å². The molecule has 0 unspecified atom stereocenters. The van der Waals surface area contributed by atoms with E-state index in [1.54, 1.807) is 0 Å². The summed E-state index contributed by atoms with van der Waals surface area (Å²) in [5.74, 6) is -1.01. The van der Waals surface area contributed by atoms with Crippen LogP contribution >= 0.6 is 0 Å². The van der Waals surface area contributed by atoms with Crippen LogP contribution in [0.3, 0.4) is 0 Å². The first-order valence-electron chi connectivity index (χ1n) is 6.31. The average Bonchev–Trinajstić information content (AvgIpc) is 2.50. The van der Waals surface area contributed by atoms with Crippen molar-refractivity contribution in [1.29, 1.82) is 0 Å². The molecule has 0 aliphatic rings. The van der Waals surface area contributed by atoms with E-state index in [4.69, 9.17) is 14.2 Å². The number of carbonyl (C=O) groups is 2. The van der Waals surface area contributed by atoms with Gasteiger partial charge >= 0.3 is 11.9 Å². The van der Waals surface area contributed by atoms with Crippen molar-refractivity contribution in [3.8, 4) is 5.75 Å². The van der Waals surface area contributed by atoms with Crippen LogP contribution in [0.5, 0.6) is 5.75 Å². The molecule has 1 aromatic heterocycles. The predicted molar refractivity (Wildman–Crippen MR) is 72.2 cm³/mol. The number of hydrogen-bond donors (Lipinski definition) is 0. The first kappa shape index (κ1) is 15.9. The van der Waals surface area contributed by atoms with E-state index in [1.165, 1.54) is 21.3 Å². The van der Waals surface area contributed by atoms with Gasteiger partial charge in [-0.05, 0) is 12.8 Å². The number of aromatic nitrogens is 1. The number of rotatable bonds is 5. The van der Waals surface area contributed by atoms with Crippen LogP contribution in [0, 0.1) is 0 Å². The molecule has 0 N–H and O–H groups in total. The Morgan fingerprint density at radius 1 is 0.900 bits per heavy atom. The number of aryl methyl sites for hydroxylation is 2. The van der Waals surface area contributed by atoms with Crippen molar-refractivity contribution in [3.05, 3.63) is 22.5 Å². The number of methoxy groups -OCH3 is 3. The zero-order chi connectivity index (χ0) is 15.3. The molecule has 0 saturated carbocycles. The zero-order valence-corrected chi connectivity index (χ0v) is 12.4. The van der Waals surface area contributed by atoms with Gasteiger partial charge < -0.3 is 14.2 Å². The number of ether oxygens (including phenoxy) is 3. The molecule has 0 saturated heterocycles.